The summed E-state index contributed by atoms with van der Waals surface area (Å²) < 4.78 is 69.9. The number of carbonyl (C=O) groups excluding carboxylic acids is 1. The number of benzene rings is 2. The Balaban J connectivity index is 0.00000675. The Bertz CT molecular complexity index is 1710. The zero-order chi connectivity index (χ0) is 32.0. The number of nitrogens with one attached hydrogen (secondary N) is 1. The first-order valence-electron chi connectivity index (χ1n) is 13.4. The van der Waals surface area contributed by atoms with E-state index in [2.05, 4.69) is 21.8 Å². The first-order valence-corrected chi connectivity index (χ1v) is 16.5. The summed E-state index contributed by atoms with van der Waals surface area (Å²) in [6, 6.07) is 8.94. The van der Waals surface area contributed by atoms with Crippen LogP contribution in [0.5, 0.6) is 0 Å². The van der Waals surface area contributed by atoms with E-state index in [-0.39, 0.29) is 57.7 Å². The number of hydrogen-bond donors (Lipinski definition) is 3. The smallest absolute Gasteiger partial charge is 0.862 e. The molecule has 7 N–H and O–H groups in total. The minimum atomic E-state index is -4.86. The second-order valence-electron chi connectivity index (χ2n) is 10.4. The van der Waals surface area contributed by atoms with Gasteiger partial charge in [-0.15, -0.1) is 0 Å². The van der Waals surface area contributed by atoms with Crippen molar-refractivity contribution >= 4 is 49.0 Å². The van der Waals surface area contributed by atoms with Crippen molar-refractivity contribution in [2.24, 2.45) is 10.4 Å². The molecule has 1 aliphatic rings. The van der Waals surface area contributed by atoms with Crippen molar-refractivity contribution in [3.8, 4) is 0 Å². The van der Waals surface area contributed by atoms with Crippen LogP contribution in [0.15, 0.2) is 71.3 Å². The van der Waals surface area contributed by atoms with Gasteiger partial charge in [-0.2, -0.15) is 0 Å². The predicted octanol–water partition coefficient (Wildman–Crippen LogP) is -2.67. The Morgan fingerprint density at radius 1 is 0.886 bits per heavy atom. The Kier molecular flexibility index (Phi) is 13.3. The fourth-order valence-electron chi connectivity index (χ4n) is 5.11. The number of quaternary nitrogens is 2. The summed E-state index contributed by atoms with van der Waals surface area (Å²) in [5.41, 5.74) is 9.97. The van der Waals surface area contributed by atoms with Crippen LogP contribution in [0.25, 0.3) is 5.57 Å². The maximum Gasteiger partial charge on any atom is 1.00 e. The number of hydrogen-bond acceptors (Lipinski definition) is 9. The fourth-order valence-corrected chi connectivity index (χ4v) is 6.42. The number of amides is 1. The molecule has 0 radical (unpaired) electrons. The maximum absolute atomic E-state index is 12.2. The van der Waals surface area contributed by atoms with E-state index in [1.54, 1.807) is 12.1 Å². The summed E-state index contributed by atoms with van der Waals surface area (Å²) in [7, 11) is -9.66. The van der Waals surface area contributed by atoms with E-state index in [1.807, 2.05) is 24.3 Å². The van der Waals surface area contributed by atoms with Crippen molar-refractivity contribution in [1.82, 2.24) is 0 Å². The van der Waals surface area contributed by atoms with Crippen LogP contribution in [0.4, 0.5) is 11.4 Å². The summed E-state index contributed by atoms with van der Waals surface area (Å²) in [6.45, 7) is 3.97. The molecule has 0 atom stereocenters. The minimum absolute atomic E-state index is 0. The van der Waals surface area contributed by atoms with Crippen LogP contribution >= 0.6 is 0 Å². The van der Waals surface area contributed by atoms with Crippen LogP contribution in [0.2, 0.25) is 0 Å². The van der Waals surface area contributed by atoms with Crippen molar-refractivity contribution in [1.29, 1.82) is 0 Å². The number of aliphatic imine (C=N–C) groups is 1. The van der Waals surface area contributed by atoms with Crippen molar-refractivity contribution in [2.45, 2.75) is 38.2 Å². The van der Waals surface area contributed by atoms with Gasteiger partial charge in [0.05, 0.1) is 50.5 Å². The van der Waals surface area contributed by atoms with Crippen molar-refractivity contribution in [3.63, 3.8) is 0 Å². The molecule has 0 heterocycles. The average Bonchev–Trinajstić information content (AvgIpc) is 2.86. The molecular formula is C29H35N4NaO8S2. The second-order valence-corrected chi connectivity index (χ2v) is 13.2. The number of anilines is 1. The largest absolute Gasteiger partial charge is 1.00 e. The van der Waals surface area contributed by atoms with E-state index in [4.69, 9.17) is 0 Å². The van der Waals surface area contributed by atoms with Gasteiger partial charge in [0.15, 0.2) is 0 Å². The third-order valence-electron chi connectivity index (χ3n) is 6.79. The molecule has 232 valence electrons. The van der Waals surface area contributed by atoms with Crippen LogP contribution in [-0.2, 0) is 36.5 Å². The molecule has 44 heavy (non-hydrogen) atoms. The molecule has 0 saturated carbocycles. The number of rotatable bonds is 12. The monoisotopic (exact) mass is 654 g/mol. The predicted molar refractivity (Wildman–Crippen MR) is 158 cm³/mol. The summed E-state index contributed by atoms with van der Waals surface area (Å²) in [5.74, 6) is -2.89. The zero-order valence-corrected chi connectivity index (χ0v) is 28.6. The zero-order valence-electron chi connectivity index (χ0n) is 25.0. The third kappa shape index (κ3) is 10.8. The van der Waals surface area contributed by atoms with Gasteiger partial charge in [-0.25, -0.2) is 16.8 Å². The molecule has 3 rings (SSSR count). The van der Waals surface area contributed by atoms with Gasteiger partial charge in [-0.05, 0) is 58.9 Å². The molecule has 0 fully saturated rings. The van der Waals surface area contributed by atoms with Crippen molar-refractivity contribution < 1.29 is 76.9 Å². The fraction of sp³-hybridized carbons (Fsp3) is 0.310. The van der Waals surface area contributed by atoms with Gasteiger partial charge in [-0.1, -0.05) is 42.5 Å². The first kappa shape index (κ1) is 37.5. The van der Waals surface area contributed by atoms with Crippen LogP contribution in [0, 0.1) is 5.41 Å². The number of allylic oxidation sites excluding steroid dienone is 5. The van der Waals surface area contributed by atoms with E-state index in [0.717, 1.165) is 12.8 Å². The third-order valence-corrected chi connectivity index (χ3v) is 8.12. The Morgan fingerprint density at radius 2 is 1.45 bits per heavy atom. The standard InChI is InChI=1S/C29H36N4O8S2.Na/c1-19(34)32-25-5-6-26(27(16-25)33-20(2)35)28(21-7-9-29(10-8-21,11-13-30)12-14-31)22-3-4-23(17-42(36,37)38)24(15-22)18-43(39,40)41;/h3-10,15-16H,11-14,17-18,30-31H2,1-2H3,(H,32,34)(H,33,35)(H,36,37,38)(H,39,40,41);/q;+1/p-1. The molecule has 15 heteroatoms. The molecule has 0 unspecified atom stereocenters. The summed E-state index contributed by atoms with van der Waals surface area (Å²) >= 11 is 0. The summed E-state index contributed by atoms with van der Waals surface area (Å²) in [4.78, 5) is 15.8. The quantitative estimate of drug-likeness (QED) is 0.0942. The van der Waals surface area contributed by atoms with Crippen LogP contribution in [0.3, 0.4) is 0 Å². The van der Waals surface area contributed by atoms with E-state index >= 15 is 0 Å². The van der Waals surface area contributed by atoms with E-state index in [0.29, 0.717) is 41.1 Å². The summed E-state index contributed by atoms with van der Waals surface area (Å²) in [6.07, 6.45) is 9.40. The van der Waals surface area contributed by atoms with Gasteiger partial charge >= 0.3 is 29.6 Å². The average molecular weight is 655 g/mol. The topological polar surface area (TPSA) is 234 Å². The minimum Gasteiger partial charge on any atom is -0.862 e. The number of nitrogens with zero attached hydrogens (tertiary/aromatic N) is 1. The maximum atomic E-state index is 12.2. The van der Waals surface area contributed by atoms with Crippen molar-refractivity contribution in [3.05, 3.63) is 88.5 Å². The molecule has 1 amide bonds. The van der Waals surface area contributed by atoms with E-state index < -0.39 is 37.6 Å². The van der Waals surface area contributed by atoms with Gasteiger partial charge in [0.1, 0.15) is 0 Å². The van der Waals surface area contributed by atoms with E-state index in [1.165, 1.54) is 38.1 Å². The van der Waals surface area contributed by atoms with Gasteiger partial charge in [-0.3, -0.25) is 9.79 Å². The Hall–Kier alpha value is -2.66. The molecule has 0 aromatic heterocycles. The molecular weight excluding hydrogens is 619 g/mol. The Morgan fingerprint density at radius 3 is 1.95 bits per heavy atom. The molecule has 2 aromatic carbocycles. The van der Waals surface area contributed by atoms with Gasteiger partial charge < -0.3 is 31.0 Å². The SMILES string of the molecule is CC(=O)Nc1ccc(C(=C2C=CC(CC[NH3+])(CC[NH3+])C=C2)c2ccc(CS(=O)(=O)[O-])c(CS(=O)(=O)[O-])c2)c(N=C(C)[O-])c1.[Na+]. The Labute approximate surface area is 279 Å². The normalized spacial score (nSPS) is 14.7. The summed E-state index contributed by atoms with van der Waals surface area (Å²) in [5, 5.41) is 14.8. The first-order chi connectivity index (χ1) is 20.0. The molecule has 0 bridgehead atoms. The molecule has 2 aromatic rings. The van der Waals surface area contributed by atoms with E-state index in [9.17, 15) is 35.8 Å². The number of carbonyl (C=O) groups is 1. The van der Waals surface area contributed by atoms with Crippen molar-refractivity contribution in [2.75, 3.05) is 18.4 Å². The van der Waals surface area contributed by atoms with Gasteiger partial charge in [0.25, 0.3) is 0 Å². The molecule has 12 nitrogen and oxygen atoms in total. The molecule has 0 spiro atoms. The van der Waals surface area contributed by atoms with Crippen LogP contribution in [-0.4, -0.2) is 50.8 Å². The van der Waals surface area contributed by atoms with Crippen LogP contribution in [0.1, 0.15) is 48.9 Å². The second kappa shape index (κ2) is 15.6. The molecule has 1 aliphatic carbocycles. The molecule has 0 aliphatic heterocycles. The van der Waals surface area contributed by atoms with Gasteiger partial charge in [0, 0.05) is 36.4 Å². The molecule has 0 saturated heterocycles. The van der Waals surface area contributed by atoms with Gasteiger partial charge in [0.2, 0.25) is 5.91 Å². The van der Waals surface area contributed by atoms with Crippen LogP contribution < -0.4 is 51.4 Å².